The van der Waals surface area contributed by atoms with Gasteiger partial charge in [0.15, 0.2) is 0 Å². The summed E-state index contributed by atoms with van der Waals surface area (Å²) in [5.41, 5.74) is 4.85. The van der Waals surface area contributed by atoms with Crippen LogP contribution >= 0.6 is 0 Å². The van der Waals surface area contributed by atoms with Gasteiger partial charge in [0.05, 0.1) is 44.3 Å². The maximum Gasteiger partial charge on any atom is 0.0786 e. The molecule has 0 unspecified atom stereocenters. The van der Waals surface area contributed by atoms with E-state index >= 15 is 0 Å². The fraction of sp³-hybridized carbons (Fsp3) is 0.950. The third kappa shape index (κ3) is 14.2. The molecule has 0 heterocycles. The standard InChI is InChI=1S/C16H36N.C4H9NO3/c1-5-9-13-17(14-10-6-2,15-11-7-3)16-12-8-4;1-2(6)3(5)4(7)8/h5-16H2,1-4H3;2-3,6H,5H2,1H3,(H,7,8)/q+1;/p-1/t;2-,3+/m.1/s1. The van der Waals surface area contributed by atoms with Gasteiger partial charge in [-0.15, -0.1) is 0 Å². The second kappa shape index (κ2) is 16.8. The van der Waals surface area contributed by atoms with Gasteiger partial charge in [-0.3, -0.25) is 0 Å². The van der Waals surface area contributed by atoms with Gasteiger partial charge in [0.25, 0.3) is 0 Å². The number of quaternary nitrogens is 1. The van der Waals surface area contributed by atoms with Crippen LogP contribution in [0, 0.1) is 0 Å². The molecule has 0 aliphatic carbocycles. The summed E-state index contributed by atoms with van der Waals surface area (Å²) >= 11 is 0. The van der Waals surface area contributed by atoms with Crippen LogP contribution in [-0.4, -0.2) is 53.9 Å². The lowest BCUT2D eigenvalue weighted by Crippen LogP contribution is -2.50. The summed E-state index contributed by atoms with van der Waals surface area (Å²) in [6.45, 7) is 16.3. The van der Waals surface area contributed by atoms with Crippen LogP contribution in [0.2, 0.25) is 0 Å². The van der Waals surface area contributed by atoms with Crippen LogP contribution in [0.3, 0.4) is 0 Å². The molecule has 0 spiro atoms. The van der Waals surface area contributed by atoms with Crippen LogP contribution in [0.1, 0.15) is 86.0 Å². The fourth-order valence-electron chi connectivity index (χ4n) is 2.84. The van der Waals surface area contributed by atoms with Crippen molar-refractivity contribution in [1.82, 2.24) is 0 Å². The first kappa shape index (κ1) is 26.6. The number of carbonyl (C=O) groups excluding carboxylic acids is 1. The molecule has 0 aliphatic rings. The highest BCUT2D eigenvalue weighted by molar-refractivity contribution is 5.71. The summed E-state index contributed by atoms with van der Waals surface area (Å²) in [6.07, 6.45) is 10.0. The van der Waals surface area contributed by atoms with Crippen LogP contribution in [0.15, 0.2) is 0 Å². The van der Waals surface area contributed by atoms with Crippen molar-refractivity contribution in [2.45, 2.75) is 98.1 Å². The Kier molecular flexibility index (Phi) is 17.9. The number of hydrogen-bond acceptors (Lipinski definition) is 4. The molecule has 0 aromatic heterocycles. The number of rotatable bonds is 14. The summed E-state index contributed by atoms with van der Waals surface area (Å²) in [7, 11) is 0. The zero-order chi connectivity index (χ0) is 19.7. The fourth-order valence-corrected chi connectivity index (χ4v) is 2.84. The van der Waals surface area contributed by atoms with Crippen molar-refractivity contribution in [1.29, 1.82) is 0 Å². The number of hydrogen-bond donors (Lipinski definition) is 2. The maximum absolute atomic E-state index is 9.74. The zero-order valence-corrected chi connectivity index (χ0v) is 17.4. The molecule has 0 aromatic carbocycles. The molecule has 0 aliphatic heterocycles. The summed E-state index contributed by atoms with van der Waals surface area (Å²) in [6, 6.07) is -1.27. The van der Waals surface area contributed by atoms with Crippen LogP contribution < -0.4 is 10.8 Å². The van der Waals surface area contributed by atoms with E-state index in [0.29, 0.717) is 0 Å². The van der Waals surface area contributed by atoms with E-state index in [1.165, 1.54) is 89.0 Å². The number of aliphatic hydroxyl groups is 1. The number of nitrogens with zero attached hydrogens (tertiary/aromatic N) is 1. The van der Waals surface area contributed by atoms with Crippen molar-refractivity contribution in [3.63, 3.8) is 0 Å². The predicted molar refractivity (Wildman–Crippen MR) is 104 cm³/mol. The topological polar surface area (TPSA) is 86.4 Å². The lowest BCUT2D eigenvalue weighted by atomic mass is 10.1. The second-order valence-corrected chi connectivity index (χ2v) is 7.24. The Balaban J connectivity index is 0. The Morgan fingerprint density at radius 3 is 1.28 bits per heavy atom. The smallest absolute Gasteiger partial charge is 0.0786 e. The number of aliphatic hydroxyl groups excluding tert-OH is 1. The third-order valence-electron chi connectivity index (χ3n) is 4.74. The first-order chi connectivity index (χ1) is 11.8. The highest BCUT2D eigenvalue weighted by Crippen LogP contribution is 2.16. The predicted octanol–water partition coefficient (Wildman–Crippen LogP) is 2.45. The number of carboxylic acids is 1. The monoisotopic (exact) mass is 360 g/mol. The number of carboxylic acid groups (broad SMARTS) is 1. The van der Waals surface area contributed by atoms with Crippen LogP contribution in [0.5, 0.6) is 0 Å². The maximum atomic E-state index is 9.74. The molecule has 0 rings (SSSR count). The summed E-state index contributed by atoms with van der Waals surface area (Å²) in [4.78, 5) is 9.74. The number of nitrogens with two attached hydrogens (primary N) is 1. The summed E-state index contributed by atoms with van der Waals surface area (Å²) in [5.74, 6) is -1.43. The molecule has 2 atom stereocenters. The molecular weight excluding hydrogens is 316 g/mol. The van der Waals surface area contributed by atoms with Crippen molar-refractivity contribution < 1.29 is 19.5 Å². The van der Waals surface area contributed by atoms with E-state index in [1.54, 1.807) is 0 Å². The van der Waals surface area contributed by atoms with Gasteiger partial charge < -0.3 is 25.2 Å². The molecule has 0 saturated heterocycles. The molecule has 152 valence electrons. The normalized spacial score (nSPS) is 13.7. The van der Waals surface area contributed by atoms with Gasteiger partial charge in [0, 0.05) is 0 Å². The molecule has 0 bridgehead atoms. The van der Waals surface area contributed by atoms with Crippen LogP contribution in [0.4, 0.5) is 0 Å². The van der Waals surface area contributed by atoms with Crippen molar-refractivity contribution in [3.05, 3.63) is 0 Å². The molecule has 0 aromatic rings. The summed E-state index contributed by atoms with van der Waals surface area (Å²) < 4.78 is 1.42. The molecule has 25 heavy (non-hydrogen) atoms. The minimum atomic E-state index is -1.43. The van der Waals surface area contributed by atoms with Crippen molar-refractivity contribution in [2.24, 2.45) is 5.73 Å². The van der Waals surface area contributed by atoms with Gasteiger partial charge in [-0.05, 0) is 32.6 Å². The minimum Gasteiger partial charge on any atom is -0.548 e. The van der Waals surface area contributed by atoms with E-state index in [9.17, 15) is 9.90 Å². The number of unbranched alkanes of at least 4 members (excludes halogenated alkanes) is 4. The van der Waals surface area contributed by atoms with Gasteiger partial charge in [-0.2, -0.15) is 0 Å². The first-order valence-corrected chi connectivity index (χ1v) is 10.3. The Bertz CT molecular complexity index is 272. The number of carbonyl (C=O) groups is 1. The first-order valence-electron chi connectivity index (χ1n) is 10.3. The van der Waals surface area contributed by atoms with Crippen molar-refractivity contribution >= 4 is 5.97 Å². The molecule has 0 fully saturated rings. The summed E-state index contributed by atoms with van der Waals surface area (Å²) in [5, 5.41) is 18.2. The Labute approximate surface area is 156 Å². The average Bonchev–Trinajstić information content (AvgIpc) is 2.60. The van der Waals surface area contributed by atoms with E-state index in [0.717, 1.165) is 0 Å². The largest absolute Gasteiger partial charge is 0.548 e. The quantitative estimate of drug-likeness (QED) is 0.466. The van der Waals surface area contributed by atoms with E-state index < -0.39 is 18.1 Å². The van der Waals surface area contributed by atoms with E-state index in [2.05, 4.69) is 27.7 Å². The Morgan fingerprint density at radius 2 is 1.16 bits per heavy atom. The van der Waals surface area contributed by atoms with Gasteiger partial charge in [0.1, 0.15) is 0 Å². The molecule has 0 radical (unpaired) electrons. The number of aliphatic carboxylic acids is 1. The highest BCUT2D eigenvalue weighted by atomic mass is 16.4. The molecular formula is C20H44N2O3. The Hall–Kier alpha value is -0.650. The molecule has 0 amide bonds. The van der Waals surface area contributed by atoms with Crippen molar-refractivity contribution in [2.75, 3.05) is 26.2 Å². The lowest BCUT2D eigenvalue weighted by Gasteiger charge is -2.39. The van der Waals surface area contributed by atoms with E-state index in [4.69, 9.17) is 10.8 Å². The Morgan fingerprint density at radius 1 is 0.880 bits per heavy atom. The van der Waals surface area contributed by atoms with Crippen molar-refractivity contribution in [3.8, 4) is 0 Å². The lowest BCUT2D eigenvalue weighted by molar-refractivity contribution is -0.929. The molecule has 3 N–H and O–H groups in total. The van der Waals surface area contributed by atoms with Gasteiger partial charge >= 0.3 is 0 Å². The molecule has 0 saturated carbocycles. The molecule has 5 heteroatoms. The zero-order valence-electron chi connectivity index (χ0n) is 17.4. The SMILES string of the molecule is CCCC[N+](CCCC)(CCCC)CCCC.C[C@@H](O)[C@H](N)C(=O)[O-]. The van der Waals surface area contributed by atoms with Crippen LogP contribution in [0.25, 0.3) is 0 Å². The average molecular weight is 361 g/mol. The second-order valence-electron chi connectivity index (χ2n) is 7.24. The highest BCUT2D eigenvalue weighted by Gasteiger charge is 2.24. The van der Waals surface area contributed by atoms with E-state index in [1.807, 2.05) is 0 Å². The van der Waals surface area contributed by atoms with E-state index in [-0.39, 0.29) is 0 Å². The minimum absolute atomic E-state index is 1.04. The van der Waals surface area contributed by atoms with Crippen LogP contribution in [-0.2, 0) is 4.79 Å². The molecule has 5 nitrogen and oxygen atoms in total. The van der Waals surface area contributed by atoms with Gasteiger partial charge in [-0.1, -0.05) is 53.4 Å². The third-order valence-corrected chi connectivity index (χ3v) is 4.74. The van der Waals surface area contributed by atoms with Gasteiger partial charge in [0.2, 0.25) is 0 Å². The van der Waals surface area contributed by atoms with Gasteiger partial charge in [-0.25, -0.2) is 0 Å².